The van der Waals surface area contributed by atoms with Crippen molar-refractivity contribution in [1.82, 2.24) is 14.7 Å². The number of aryl methyl sites for hydroxylation is 1. The van der Waals surface area contributed by atoms with Gasteiger partial charge < -0.3 is 9.80 Å². The zero-order valence-electron chi connectivity index (χ0n) is 17.5. The second-order valence-corrected chi connectivity index (χ2v) is 7.93. The summed E-state index contributed by atoms with van der Waals surface area (Å²) in [4.78, 5) is 29.0. The van der Waals surface area contributed by atoms with E-state index in [2.05, 4.69) is 28.2 Å². The molecule has 1 aliphatic heterocycles. The number of fused-ring (bicyclic) bond motifs is 1. The second-order valence-electron chi connectivity index (χ2n) is 7.93. The Labute approximate surface area is 176 Å². The SMILES string of the molecule is CN(Cc1ccccc1N1CCCCC1)C(=O)CCn1ncc(=O)c2ccccc21. The molecule has 30 heavy (non-hydrogen) atoms. The number of benzene rings is 2. The molecule has 0 radical (unpaired) electrons. The van der Waals surface area contributed by atoms with Gasteiger partial charge in [-0.2, -0.15) is 5.10 Å². The molecule has 0 N–H and O–H groups in total. The molecule has 1 aromatic heterocycles. The van der Waals surface area contributed by atoms with Crippen LogP contribution in [-0.2, 0) is 17.9 Å². The molecule has 1 amide bonds. The summed E-state index contributed by atoms with van der Waals surface area (Å²) >= 11 is 0. The summed E-state index contributed by atoms with van der Waals surface area (Å²) in [6, 6.07) is 15.8. The van der Waals surface area contributed by atoms with E-state index in [0.29, 0.717) is 24.9 Å². The number of amides is 1. The summed E-state index contributed by atoms with van der Waals surface area (Å²) in [5.41, 5.74) is 3.09. The molecule has 4 rings (SSSR count). The number of piperidine rings is 1. The minimum atomic E-state index is -0.0976. The van der Waals surface area contributed by atoms with Crippen molar-refractivity contribution < 1.29 is 4.79 Å². The number of para-hydroxylation sites is 2. The Morgan fingerprint density at radius 1 is 1.03 bits per heavy atom. The van der Waals surface area contributed by atoms with E-state index in [1.165, 1.54) is 36.7 Å². The first-order valence-corrected chi connectivity index (χ1v) is 10.6. The lowest BCUT2D eigenvalue weighted by molar-refractivity contribution is -0.130. The van der Waals surface area contributed by atoms with Crippen LogP contribution in [0.4, 0.5) is 5.69 Å². The normalized spacial score (nSPS) is 14.1. The molecule has 2 aromatic carbocycles. The van der Waals surface area contributed by atoms with E-state index in [4.69, 9.17) is 0 Å². The number of carbonyl (C=O) groups excluding carboxylic acids is 1. The molecule has 0 spiro atoms. The van der Waals surface area contributed by atoms with Crippen LogP contribution < -0.4 is 10.3 Å². The highest BCUT2D eigenvalue weighted by Crippen LogP contribution is 2.25. The Balaban J connectivity index is 1.43. The molecule has 2 heterocycles. The molecule has 1 saturated heterocycles. The highest BCUT2D eigenvalue weighted by atomic mass is 16.2. The smallest absolute Gasteiger partial charge is 0.224 e. The largest absolute Gasteiger partial charge is 0.371 e. The first-order valence-electron chi connectivity index (χ1n) is 10.6. The van der Waals surface area contributed by atoms with Gasteiger partial charge in [-0.05, 0) is 43.0 Å². The van der Waals surface area contributed by atoms with Crippen molar-refractivity contribution in [2.24, 2.45) is 0 Å². The van der Waals surface area contributed by atoms with Crippen molar-refractivity contribution in [2.45, 2.75) is 38.8 Å². The van der Waals surface area contributed by atoms with Gasteiger partial charge in [-0.25, -0.2) is 0 Å². The first kappa shape index (κ1) is 20.1. The predicted molar refractivity (Wildman–Crippen MR) is 120 cm³/mol. The standard InChI is InChI=1S/C24H28N4O2/c1-26(18-19-9-3-5-11-21(19)27-14-7-2-8-15-27)24(30)13-16-28-22-12-6-4-10-20(22)23(29)17-25-28/h3-6,9-12,17H,2,7-8,13-16,18H2,1H3. The zero-order chi connectivity index (χ0) is 20.9. The van der Waals surface area contributed by atoms with Crippen molar-refractivity contribution in [1.29, 1.82) is 0 Å². The number of hydrogen-bond acceptors (Lipinski definition) is 4. The van der Waals surface area contributed by atoms with E-state index in [-0.39, 0.29) is 11.3 Å². The summed E-state index contributed by atoms with van der Waals surface area (Å²) in [5, 5.41) is 4.85. The maximum atomic E-state index is 12.8. The Hall–Kier alpha value is -3.15. The van der Waals surface area contributed by atoms with Crippen molar-refractivity contribution in [2.75, 3.05) is 25.0 Å². The Bertz CT molecular complexity index is 1090. The minimum absolute atomic E-state index is 0.0630. The molecule has 0 atom stereocenters. The molecule has 0 unspecified atom stereocenters. The molecule has 1 fully saturated rings. The lowest BCUT2D eigenvalue weighted by Gasteiger charge is -2.31. The molecule has 0 aliphatic carbocycles. The van der Waals surface area contributed by atoms with Crippen LogP contribution in [0.5, 0.6) is 0 Å². The molecule has 0 bridgehead atoms. The van der Waals surface area contributed by atoms with Gasteiger partial charge in [0.25, 0.3) is 0 Å². The summed E-state index contributed by atoms with van der Waals surface area (Å²) < 4.78 is 1.74. The molecular weight excluding hydrogens is 376 g/mol. The van der Waals surface area contributed by atoms with E-state index < -0.39 is 0 Å². The van der Waals surface area contributed by atoms with Gasteiger partial charge in [0.2, 0.25) is 11.3 Å². The third-order valence-electron chi connectivity index (χ3n) is 5.82. The fourth-order valence-electron chi connectivity index (χ4n) is 4.16. The van der Waals surface area contributed by atoms with E-state index in [1.54, 1.807) is 15.6 Å². The van der Waals surface area contributed by atoms with Crippen LogP contribution >= 0.6 is 0 Å². The average molecular weight is 405 g/mol. The summed E-state index contributed by atoms with van der Waals surface area (Å²) in [5.74, 6) is 0.0630. The minimum Gasteiger partial charge on any atom is -0.371 e. The van der Waals surface area contributed by atoms with Crippen LogP contribution in [-0.4, -0.2) is 40.7 Å². The third kappa shape index (κ3) is 4.37. The van der Waals surface area contributed by atoms with Crippen molar-refractivity contribution in [3.63, 3.8) is 0 Å². The topological polar surface area (TPSA) is 58.4 Å². The highest BCUT2D eigenvalue weighted by Gasteiger charge is 2.17. The fraction of sp³-hybridized carbons (Fsp3) is 0.375. The lowest BCUT2D eigenvalue weighted by Crippen LogP contribution is -2.32. The number of rotatable bonds is 6. The van der Waals surface area contributed by atoms with Gasteiger partial charge in [0.15, 0.2) is 0 Å². The molecular formula is C24H28N4O2. The van der Waals surface area contributed by atoms with Gasteiger partial charge in [-0.3, -0.25) is 14.3 Å². The van der Waals surface area contributed by atoms with Crippen LogP contribution in [0.2, 0.25) is 0 Å². The summed E-state index contributed by atoms with van der Waals surface area (Å²) in [6.45, 7) is 3.20. The Morgan fingerprint density at radius 2 is 1.77 bits per heavy atom. The Kier molecular flexibility index (Phi) is 6.12. The number of carbonyl (C=O) groups is 1. The predicted octanol–water partition coefficient (Wildman–Crippen LogP) is 3.44. The van der Waals surface area contributed by atoms with Gasteiger partial charge in [-0.15, -0.1) is 0 Å². The van der Waals surface area contributed by atoms with Gasteiger partial charge in [0.1, 0.15) is 0 Å². The van der Waals surface area contributed by atoms with Crippen LogP contribution in [0.25, 0.3) is 10.9 Å². The van der Waals surface area contributed by atoms with Crippen LogP contribution in [0.3, 0.4) is 0 Å². The number of nitrogens with zero attached hydrogens (tertiary/aromatic N) is 4. The van der Waals surface area contributed by atoms with Gasteiger partial charge in [0, 0.05) is 44.2 Å². The maximum Gasteiger partial charge on any atom is 0.224 e. The summed E-state index contributed by atoms with van der Waals surface area (Å²) in [6.07, 6.45) is 5.41. The second kappa shape index (κ2) is 9.11. The number of aromatic nitrogens is 2. The van der Waals surface area contributed by atoms with Crippen molar-refractivity contribution >= 4 is 22.5 Å². The molecule has 0 saturated carbocycles. The highest BCUT2D eigenvalue weighted by molar-refractivity contribution is 5.79. The fourth-order valence-corrected chi connectivity index (χ4v) is 4.16. The van der Waals surface area contributed by atoms with E-state index in [0.717, 1.165) is 18.6 Å². The van der Waals surface area contributed by atoms with E-state index >= 15 is 0 Å². The van der Waals surface area contributed by atoms with Gasteiger partial charge >= 0.3 is 0 Å². The molecule has 1 aliphatic rings. The van der Waals surface area contributed by atoms with Crippen molar-refractivity contribution in [3.8, 4) is 0 Å². The third-order valence-corrected chi connectivity index (χ3v) is 5.82. The number of hydrogen-bond donors (Lipinski definition) is 0. The van der Waals surface area contributed by atoms with E-state index in [1.807, 2.05) is 31.3 Å². The Morgan fingerprint density at radius 3 is 2.60 bits per heavy atom. The van der Waals surface area contributed by atoms with Crippen LogP contribution in [0.15, 0.2) is 59.5 Å². The number of anilines is 1. The average Bonchev–Trinajstić information content (AvgIpc) is 2.79. The van der Waals surface area contributed by atoms with Crippen molar-refractivity contribution in [3.05, 3.63) is 70.5 Å². The summed E-state index contributed by atoms with van der Waals surface area (Å²) in [7, 11) is 1.85. The molecule has 156 valence electrons. The van der Waals surface area contributed by atoms with Crippen LogP contribution in [0, 0.1) is 0 Å². The zero-order valence-corrected chi connectivity index (χ0v) is 17.5. The van der Waals surface area contributed by atoms with Gasteiger partial charge in [0.05, 0.1) is 18.3 Å². The van der Waals surface area contributed by atoms with Gasteiger partial charge in [-0.1, -0.05) is 30.3 Å². The molecule has 6 heteroatoms. The molecule has 6 nitrogen and oxygen atoms in total. The lowest BCUT2D eigenvalue weighted by atomic mass is 10.1. The molecule has 3 aromatic rings. The first-order chi connectivity index (χ1) is 14.6. The van der Waals surface area contributed by atoms with E-state index in [9.17, 15) is 9.59 Å². The monoisotopic (exact) mass is 404 g/mol. The quantitative estimate of drug-likeness (QED) is 0.632. The maximum absolute atomic E-state index is 12.8. The van der Waals surface area contributed by atoms with Crippen LogP contribution in [0.1, 0.15) is 31.2 Å².